The molecule has 0 unspecified atom stereocenters. The highest BCUT2D eigenvalue weighted by Gasteiger charge is 2.22. The van der Waals surface area contributed by atoms with Gasteiger partial charge in [0.1, 0.15) is 5.75 Å². The number of nitrogens with zero attached hydrogens (tertiary/aromatic N) is 3. The Bertz CT molecular complexity index is 850. The number of para-hydroxylation sites is 4. The van der Waals surface area contributed by atoms with Gasteiger partial charge in [-0.2, -0.15) is 0 Å². The largest absolute Gasteiger partial charge is 0.495 e. The molecule has 0 atom stereocenters. The van der Waals surface area contributed by atoms with Crippen LogP contribution in [0.15, 0.2) is 48.5 Å². The summed E-state index contributed by atoms with van der Waals surface area (Å²) >= 11 is 0. The number of hydrogen-bond acceptors (Lipinski definition) is 6. The fraction of sp³-hybridized carbons (Fsp3) is 0.381. The highest BCUT2D eigenvalue weighted by molar-refractivity contribution is 5.76. The summed E-state index contributed by atoms with van der Waals surface area (Å²) in [4.78, 5) is 27.1. The molecule has 1 amide bonds. The molecule has 0 saturated carbocycles. The summed E-state index contributed by atoms with van der Waals surface area (Å²) in [6, 6.07) is 14.1. The lowest BCUT2D eigenvalue weighted by atomic mass is 10.2. The smallest absolute Gasteiger partial charge is 0.310 e. The van der Waals surface area contributed by atoms with Crippen LogP contribution in [-0.4, -0.2) is 55.6 Å². The third-order valence-electron chi connectivity index (χ3n) is 4.91. The van der Waals surface area contributed by atoms with Crippen molar-refractivity contribution in [2.45, 2.75) is 12.8 Å². The maximum atomic E-state index is 12.5. The molecule has 0 aromatic heterocycles. The number of carbonyl (C=O) groups is 1. The monoisotopic (exact) mass is 399 g/mol. The molecule has 0 aliphatic carbocycles. The Morgan fingerprint density at radius 1 is 1.03 bits per heavy atom. The molecule has 3 rings (SSSR count). The molecular formula is C21H25N3O5. The van der Waals surface area contributed by atoms with E-state index in [1.54, 1.807) is 25.3 Å². The van der Waals surface area contributed by atoms with Gasteiger partial charge < -0.3 is 19.3 Å². The molecule has 0 bridgehead atoms. The zero-order valence-corrected chi connectivity index (χ0v) is 16.5. The SMILES string of the molecule is COc1ccccc1N1CCN(C(=O)CCCOc2ccccc2[N+](=O)[O-])CC1. The number of anilines is 1. The van der Waals surface area contributed by atoms with Crippen LogP contribution in [0.1, 0.15) is 12.8 Å². The minimum absolute atomic E-state index is 0.0636. The Hall–Kier alpha value is -3.29. The topological polar surface area (TPSA) is 85.2 Å². The zero-order chi connectivity index (χ0) is 20.6. The molecule has 154 valence electrons. The maximum Gasteiger partial charge on any atom is 0.310 e. The van der Waals surface area contributed by atoms with E-state index in [9.17, 15) is 14.9 Å². The first kappa shape index (κ1) is 20.4. The molecule has 1 aliphatic rings. The number of benzene rings is 2. The Labute approximate surface area is 169 Å². The molecule has 8 nitrogen and oxygen atoms in total. The average Bonchev–Trinajstić information content (AvgIpc) is 2.76. The quantitative estimate of drug-likeness (QED) is 0.385. The molecule has 2 aromatic carbocycles. The average molecular weight is 399 g/mol. The van der Waals surface area contributed by atoms with E-state index < -0.39 is 4.92 Å². The number of piperazine rings is 1. The molecule has 0 radical (unpaired) electrons. The van der Waals surface area contributed by atoms with E-state index in [1.165, 1.54) is 6.07 Å². The van der Waals surface area contributed by atoms with Gasteiger partial charge in [0.25, 0.3) is 0 Å². The second kappa shape index (κ2) is 9.77. The Kier molecular flexibility index (Phi) is 6.89. The maximum absolute atomic E-state index is 12.5. The van der Waals surface area contributed by atoms with Crippen LogP contribution < -0.4 is 14.4 Å². The van der Waals surface area contributed by atoms with Crippen LogP contribution in [-0.2, 0) is 4.79 Å². The normalized spacial score (nSPS) is 13.8. The number of amides is 1. The fourth-order valence-electron chi connectivity index (χ4n) is 3.38. The van der Waals surface area contributed by atoms with Gasteiger partial charge in [-0.25, -0.2) is 0 Å². The Morgan fingerprint density at radius 2 is 1.69 bits per heavy atom. The van der Waals surface area contributed by atoms with Gasteiger partial charge in [-0.15, -0.1) is 0 Å². The summed E-state index contributed by atoms with van der Waals surface area (Å²) in [5, 5.41) is 11.0. The summed E-state index contributed by atoms with van der Waals surface area (Å²) in [7, 11) is 1.66. The minimum Gasteiger partial charge on any atom is -0.495 e. The van der Waals surface area contributed by atoms with E-state index >= 15 is 0 Å². The highest BCUT2D eigenvalue weighted by Crippen LogP contribution is 2.28. The van der Waals surface area contributed by atoms with E-state index in [4.69, 9.17) is 9.47 Å². The van der Waals surface area contributed by atoms with Gasteiger partial charge in [0.2, 0.25) is 5.91 Å². The standard InChI is InChI=1S/C21H25N3O5/c1-28-19-9-4-2-7-17(19)22-12-14-23(15-13-22)21(25)11-6-16-29-20-10-5-3-8-18(20)24(26)27/h2-5,7-10H,6,11-16H2,1H3. The van der Waals surface area contributed by atoms with Gasteiger partial charge in [-0.1, -0.05) is 24.3 Å². The van der Waals surface area contributed by atoms with Crippen LogP contribution in [0.25, 0.3) is 0 Å². The van der Waals surface area contributed by atoms with E-state index in [2.05, 4.69) is 4.90 Å². The highest BCUT2D eigenvalue weighted by atomic mass is 16.6. The molecule has 1 aliphatic heterocycles. The van der Waals surface area contributed by atoms with Crippen molar-refractivity contribution in [2.75, 3.05) is 44.8 Å². The first-order valence-electron chi connectivity index (χ1n) is 9.62. The molecule has 0 N–H and O–H groups in total. The van der Waals surface area contributed by atoms with Crippen molar-refractivity contribution in [3.63, 3.8) is 0 Å². The number of nitro groups is 1. The van der Waals surface area contributed by atoms with Crippen molar-refractivity contribution in [2.24, 2.45) is 0 Å². The van der Waals surface area contributed by atoms with Gasteiger partial charge in [0.15, 0.2) is 5.75 Å². The molecule has 1 fully saturated rings. The lowest BCUT2D eigenvalue weighted by Crippen LogP contribution is -2.48. The molecular weight excluding hydrogens is 374 g/mol. The second-order valence-corrected chi connectivity index (χ2v) is 6.72. The van der Waals surface area contributed by atoms with Crippen molar-refractivity contribution in [1.82, 2.24) is 4.90 Å². The van der Waals surface area contributed by atoms with E-state index in [-0.39, 0.29) is 24.0 Å². The van der Waals surface area contributed by atoms with Crippen LogP contribution >= 0.6 is 0 Å². The van der Waals surface area contributed by atoms with Crippen LogP contribution in [0, 0.1) is 10.1 Å². The van der Waals surface area contributed by atoms with Crippen molar-refractivity contribution < 1.29 is 19.2 Å². The van der Waals surface area contributed by atoms with Gasteiger partial charge >= 0.3 is 5.69 Å². The van der Waals surface area contributed by atoms with E-state index in [0.29, 0.717) is 25.9 Å². The summed E-state index contributed by atoms with van der Waals surface area (Å²) in [6.07, 6.45) is 0.868. The van der Waals surface area contributed by atoms with Gasteiger partial charge in [-0.3, -0.25) is 14.9 Å². The summed E-state index contributed by atoms with van der Waals surface area (Å²) in [6.45, 7) is 3.07. The van der Waals surface area contributed by atoms with E-state index in [0.717, 1.165) is 24.5 Å². The summed E-state index contributed by atoms with van der Waals surface area (Å²) < 4.78 is 10.9. The second-order valence-electron chi connectivity index (χ2n) is 6.72. The van der Waals surface area contributed by atoms with Crippen molar-refractivity contribution in [1.29, 1.82) is 0 Å². The lowest BCUT2D eigenvalue weighted by molar-refractivity contribution is -0.385. The van der Waals surface area contributed by atoms with Crippen LogP contribution in [0.5, 0.6) is 11.5 Å². The van der Waals surface area contributed by atoms with Crippen molar-refractivity contribution >= 4 is 17.3 Å². The van der Waals surface area contributed by atoms with Crippen LogP contribution in [0.2, 0.25) is 0 Å². The number of methoxy groups -OCH3 is 1. The number of rotatable bonds is 8. The molecule has 0 spiro atoms. The van der Waals surface area contributed by atoms with Gasteiger partial charge in [0, 0.05) is 38.7 Å². The number of ether oxygens (including phenoxy) is 2. The Balaban J connectivity index is 1.43. The molecule has 29 heavy (non-hydrogen) atoms. The first-order chi connectivity index (χ1) is 14.1. The molecule has 2 aromatic rings. The summed E-state index contributed by atoms with van der Waals surface area (Å²) in [5.74, 6) is 1.14. The zero-order valence-electron chi connectivity index (χ0n) is 16.5. The number of nitro benzene ring substituents is 1. The van der Waals surface area contributed by atoms with Crippen LogP contribution in [0.3, 0.4) is 0 Å². The van der Waals surface area contributed by atoms with Crippen molar-refractivity contribution in [3.8, 4) is 11.5 Å². The third-order valence-corrected chi connectivity index (χ3v) is 4.91. The fourth-order valence-corrected chi connectivity index (χ4v) is 3.38. The number of hydrogen-bond donors (Lipinski definition) is 0. The predicted octanol–water partition coefficient (Wildman–Crippen LogP) is 3.11. The lowest BCUT2D eigenvalue weighted by Gasteiger charge is -2.36. The van der Waals surface area contributed by atoms with Crippen LogP contribution in [0.4, 0.5) is 11.4 Å². The predicted molar refractivity (Wildman–Crippen MR) is 110 cm³/mol. The molecule has 8 heteroatoms. The Morgan fingerprint density at radius 3 is 2.38 bits per heavy atom. The van der Waals surface area contributed by atoms with Crippen molar-refractivity contribution in [3.05, 3.63) is 58.6 Å². The third kappa shape index (κ3) is 5.16. The molecule has 1 heterocycles. The van der Waals surface area contributed by atoms with Gasteiger partial charge in [0.05, 0.1) is 24.3 Å². The van der Waals surface area contributed by atoms with Gasteiger partial charge in [-0.05, 0) is 24.6 Å². The summed E-state index contributed by atoms with van der Waals surface area (Å²) in [5.41, 5.74) is 0.978. The number of carbonyl (C=O) groups excluding carboxylic acids is 1. The van der Waals surface area contributed by atoms with E-state index in [1.807, 2.05) is 29.2 Å². The minimum atomic E-state index is -0.471. The molecule has 1 saturated heterocycles. The first-order valence-corrected chi connectivity index (χ1v) is 9.62.